The van der Waals surface area contributed by atoms with Gasteiger partial charge in [0, 0.05) is 13.1 Å². The Morgan fingerprint density at radius 1 is 1.56 bits per heavy atom. The SMILES string of the molecule is CCN(CC)C(N)=O.[H-].[Na+]. The Kier molecular flexibility index (Phi) is 8.52. The summed E-state index contributed by atoms with van der Waals surface area (Å²) < 4.78 is 0. The third kappa shape index (κ3) is 4.75. The summed E-state index contributed by atoms with van der Waals surface area (Å²) in [6.07, 6.45) is 0. The maximum absolute atomic E-state index is 10.3. The molecule has 0 aliphatic carbocycles. The van der Waals surface area contributed by atoms with E-state index < -0.39 is 0 Å². The van der Waals surface area contributed by atoms with E-state index in [0.717, 1.165) is 0 Å². The summed E-state index contributed by atoms with van der Waals surface area (Å²) in [5.74, 6) is 0. The first-order valence-electron chi connectivity index (χ1n) is 2.76. The van der Waals surface area contributed by atoms with Gasteiger partial charge >= 0.3 is 35.6 Å². The van der Waals surface area contributed by atoms with E-state index in [4.69, 9.17) is 5.73 Å². The molecule has 0 atom stereocenters. The molecule has 3 nitrogen and oxygen atoms in total. The first kappa shape index (κ1) is 12.0. The van der Waals surface area contributed by atoms with Crippen LogP contribution < -0.4 is 35.3 Å². The van der Waals surface area contributed by atoms with Crippen molar-refractivity contribution in [2.45, 2.75) is 13.8 Å². The van der Waals surface area contributed by atoms with Gasteiger partial charge in [0.1, 0.15) is 0 Å². The second-order valence-corrected chi connectivity index (χ2v) is 1.51. The fourth-order valence-electron chi connectivity index (χ4n) is 0.535. The molecule has 0 unspecified atom stereocenters. The Morgan fingerprint density at radius 3 is 1.89 bits per heavy atom. The minimum absolute atomic E-state index is 0. The Bertz CT molecular complexity index is 87.7. The molecule has 0 rings (SSSR count). The number of rotatable bonds is 2. The van der Waals surface area contributed by atoms with Crippen LogP contribution in [0.1, 0.15) is 15.3 Å². The van der Waals surface area contributed by atoms with Crippen LogP contribution in [-0.2, 0) is 0 Å². The van der Waals surface area contributed by atoms with Gasteiger partial charge in [0.15, 0.2) is 0 Å². The van der Waals surface area contributed by atoms with Crippen LogP contribution >= 0.6 is 0 Å². The van der Waals surface area contributed by atoms with Crippen molar-refractivity contribution in [3.05, 3.63) is 0 Å². The van der Waals surface area contributed by atoms with Crippen molar-refractivity contribution in [1.82, 2.24) is 4.90 Å². The van der Waals surface area contributed by atoms with Crippen molar-refractivity contribution < 1.29 is 35.8 Å². The number of hydrogen-bond donors (Lipinski definition) is 1. The summed E-state index contributed by atoms with van der Waals surface area (Å²) in [6, 6.07) is -0.338. The second kappa shape index (κ2) is 6.39. The standard InChI is InChI=1S/C5H12N2O.Na.H/c1-3-7(4-2)5(6)8;;/h3-4H2,1-2H3,(H2,6,8);;/q;+1;-1. The van der Waals surface area contributed by atoms with Crippen molar-refractivity contribution in [3.8, 4) is 0 Å². The van der Waals surface area contributed by atoms with E-state index in [0.29, 0.717) is 13.1 Å². The number of nitrogens with zero attached hydrogens (tertiary/aromatic N) is 1. The van der Waals surface area contributed by atoms with Gasteiger partial charge < -0.3 is 12.1 Å². The number of hydrogen-bond acceptors (Lipinski definition) is 1. The Labute approximate surface area is 79.4 Å². The van der Waals surface area contributed by atoms with Crippen LogP contribution in [0.5, 0.6) is 0 Å². The molecular weight excluding hydrogens is 127 g/mol. The minimum Gasteiger partial charge on any atom is -1.00 e. The first-order chi connectivity index (χ1) is 3.72. The number of carbonyl (C=O) groups excluding carboxylic acids is 1. The average molecular weight is 140 g/mol. The van der Waals surface area contributed by atoms with Crippen LogP contribution in [-0.4, -0.2) is 24.0 Å². The van der Waals surface area contributed by atoms with E-state index in [1.54, 1.807) is 4.90 Å². The van der Waals surface area contributed by atoms with E-state index >= 15 is 0 Å². The maximum atomic E-state index is 10.3. The van der Waals surface area contributed by atoms with Gasteiger partial charge in [0.2, 0.25) is 0 Å². The average Bonchev–Trinajstić information content (AvgIpc) is 1.69. The normalized spacial score (nSPS) is 7.78. The molecule has 0 saturated carbocycles. The molecule has 2 N–H and O–H groups in total. The summed E-state index contributed by atoms with van der Waals surface area (Å²) in [5, 5.41) is 0. The van der Waals surface area contributed by atoms with Gasteiger partial charge in [-0.25, -0.2) is 4.79 Å². The van der Waals surface area contributed by atoms with Crippen molar-refractivity contribution >= 4 is 6.03 Å². The van der Waals surface area contributed by atoms with Crippen LogP contribution in [0.4, 0.5) is 4.79 Å². The van der Waals surface area contributed by atoms with Gasteiger partial charge in [-0.1, -0.05) is 0 Å². The van der Waals surface area contributed by atoms with E-state index in [1.165, 1.54) is 0 Å². The molecule has 0 aliphatic rings. The minimum atomic E-state index is -0.338. The number of primary amides is 1. The summed E-state index contributed by atoms with van der Waals surface area (Å²) in [6.45, 7) is 5.19. The quantitative estimate of drug-likeness (QED) is 0.424. The third-order valence-electron chi connectivity index (χ3n) is 1.08. The number of nitrogens with two attached hydrogens (primary N) is 1. The Balaban J connectivity index is -0.000000245. The molecule has 4 heteroatoms. The maximum Gasteiger partial charge on any atom is 1.00 e. The molecular formula is C5H13N2NaO. The van der Waals surface area contributed by atoms with Crippen LogP contribution in [0.15, 0.2) is 0 Å². The van der Waals surface area contributed by atoms with E-state index in [-0.39, 0.29) is 37.0 Å². The molecule has 0 aromatic heterocycles. The zero-order chi connectivity index (χ0) is 6.57. The molecule has 0 aliphatic heterocycles. The zero-order valence-corrected chi connectivity index (χ0v) is 8.35. The van der Waals surface area contributed by atoms with Gasteiger partial charge in [-0.3, -0.25) is 0 Å². The molecule has 0 radical (unpaired) electrons. The van der Waals surface area contributed by atoms with Gasteiger partial charge in [0.25, 0.3) is 0 Å². The Morgan fingerprint density at radius 2 is 1.89 bits per heavy atom. The predicted octanol–water partition coefficient (Wildman–Crippen LogP) is -2.48. The van der Waals surface area contributed by atoms with Crippen LogP contribution in [0.2, 0.25) is 0 Å². The molecule has 0 bridgehead atoms. The third-order valence-corrected chi connectivity index (χ3v) is 1.08. The van der Waals surface area contributed by atoms with Crippen LogP contribution in [0, 0.1) is 0 Å². The fourth-order valence-corrected chi connectivity index (χ4v) is 0.535. The number of carbonyl (C=O) groups is 1. The zero-order valence-electron chi connectivity index (χ0n) is 7.35. The van der Waals surface area contributed by atoms with Crippen molar-refractivity contribution in [1.29, 1.82) is 0 Å². The van der Waals surface area contributed by atoms with E-state index in [1.807, 2.05) is 13.8 Å². The van der Waals surface area contributed by atoms with Crippen molar-refractivity contribution in [3.63, 3.8) is 0 Å². The summed E-state index contributed by atoms with van der Waals surface area (Å²) >= 11 is 0. The predicted molar refractivity (Wildman–Crippen MR) is 33.6 cm³/mol. The smallest absolute Gasteiger partial charge is 1.00 e. The number of amides is 2. The molecule has 0 aromatic carbocycles. The van der Waals surface area contributed by atoms with Crippen LogP contribution in [0.3, 0.4) is 0 Å². The molecule has 0 saturated heterocycles. The first-order valence-corrected chi connectivity index (χ1v) is 2.76. The molecule has 2 amide bonds. The molecule has 0 aromatic rings. The van der Waals surface area contributed by atoms with Gasteiger partial charge in [-0.15, -0.1) is 0 Å². The fraction of sp³-hybridized carbons (Fsp3) is 0.800. The number of urea groups is 1. The van der Waals surface area contributed by atoms with E-state index in [2.05, 4.69) is 0 Å². The Hall–Kier alpha value is 0.270. The summed E-state index contributed by atoms with van der Waals surface area (Å²) in [4.78, 5) is 11.9. The van der Waals surface area contributed by atoms with Crippen molar-refractivity contribution in [2.24, 2.45) is 5.73 Å². The van der Waals surface area contributed by atoms with Crippen LogP contribution in [0.25, 0.3) is 0 Å². The second-order valence-electron chi connectivity index (χ2n) is 1.51. The molecule has 50 valence electrons. The van der Waals surface area contributed by atoms with Gasteiger partial charge in [0.05, 0.1) is 0 Å². The molecule has 9 heavy (non-hydrogen) atoms. The summed E-state index contributed by atoms with van der Waals surface area (Å²) in [7, 11) is 0. The summed E-state index contributed by atoms with van der Waals surface area (Å²) in [5.41, 5.74) is 4.94. The van der Waals surface area contributed by atoms with Crippen molar-refractivity contribution in [2.75, 3.05) is 13.1 Å². The monoisotopic (exact) mass is 140 g/mol. The van der Waals surface area contributed by atoms with Gasteiger partial charge in [-0.2, -0.15) is 0 Å². The van der Waals surface area contributed by atoms with Gasteiger partial charge in [-0.05, 0) is 13.8 Å². The molecule has 0 heterocycles. The molecule has 0 fully saturated rings. The largest absolute Gasteiger partial charge is 1.00 e. The topological polar surface area (TPSA) is 46.3 Å². The van der Waals surface area contributed by atoms with E-state index in [9.17, 15) is 4.79 Å². The molecule has 0 spiro atoms.